The number of nitrogens with two attached hydrogens (primary N) is 1. The van der Waals surface area contributed by atoms with Crippen LogP contribution in [0, 0.1) is 0 Å². The van der Waals surface area contributed by atoms with Crippen LogP contribution in [-0.4, -0.2) is 49.3 Å². The Morgan fingerprint density at radius 1 is 1.02 bits per heavy atom. The number of nitrogens with zero attached hydrogens (tertiary/aromatic N) is 1. The van der Waals surface area contributed by atoms with E-state index in [0.29, 0.717) is 33.2 Å². The fourth-order valence-electron chi connectivity index (χ4n) is 3.62. The number of hydrogen-bond acceptors (Lipinski definition) is 7. The zero-order valence-electron chi connectivity index (χ0n) is 22.7. The average molecular weight is 680 g/mol. The molecule has 222 valence electrons. The zero-order valence-corrected chi connectivity index (χ0v) is 25.8. The summed E-state index contributed by atoms with van der Waals surface area (Å²) in [4.78, 5) is 37.3. The molecule has 0 spiro atoms. The second-order valence-corrected chi connectivity index (χ2v) is 10.5. The minimum Gasteiger partial charge on any atom is -0.490 e. The summed E-state index contributed by atoms with van der Waals surface area (Å²) in [6.45, 7) is 3.35. The molecule has 42 heavy (non-hydrogen) atoms. The third-order valence-electron chi connectivity index (χ3n) is 5.56. The SMILES string of the molecule is CCOc1cc(/C=N\NC(=O)[C@H](Cc2ccccc2)NC(=O)[C@@H](C)Oc2ccc(Cl)cc2Cl)cc(Br)c1OCC(N)=O. The number of nitrogens with one attached hydrogen (secondary N) is 2. The minimum absolute atomic E-state index is 0.203. The van der Waals surface area contributed by atoms with Gasteiger partial charge in [0.25, 0.3) is 17.7 Å². The molecular weight excluding hydrogens is 651 g/mol. The van der Waals surface area contributed by atoms with E-state index in [0.717, 1.165) is 5.56 Å². The normalized spacial score (nSPS) is 12.3. The molecule has 3 rings (SSSR count). The van der Waals surface area contributed by atoms with E-state index in [9.17, 15) is 14.4 Å². The van der Waals surface area contributed by atoms with Crippen LogP contribution >= 0.6 is 39.1 Å². The number of benzene rings is 3. The Kier molecular flexibility index (Phi) is 12.5. The first-order chi connectivity index (χ1) is 20.1. The highest BCUT2D eigenvalue weighted by molar-refractivity contribution is 9.10. The highest BCUT2D eigenvalue weighted by Gasteiger charge is 2.25. The van der Waals surface area contributed by atoms with Gasteiger partial charge in [0.05, 0.1) is 22.3 Å². The van der Waals surface area contributed by atoms with Crippen LogP contribution in [0.5, 0.6) is 17.2 Å². The van der Waals surface area contributed by atoms with Gasteiger partial charge in [0.2, 0.25) is 0 Å². The zero-order chi connectivity index (χ0) is 30.6. The number of carbonyl (C=O) groups excluding carboxylic acids is 3. The summed E-state index contributed by atoms with van der Waals surface area (Å²) in [6, 6.07) is 16.2. The Bertz CT molecular complexity index is 1440. The Labute approximate surface area is 261 Å². The molecule has 0 unspecified atom stereocenters. The molecular formula is C29H29BrCl2N4O6. The van der Waals surface area contributed by atoms with E-state index < -0.39 is 29.9 Å². The third-order valence-corrected chi connectivity index (χ3v) is 6.68. The van der Waals surface area contributed by atoms with Gasteiger partial charge in [-0.3, -0.25) is 14.4 Å². The van der Waals surface area contributed by atoms with Crippen LogP contribution in [0.25, 0.3) is 0 Å². The lowest BCUT2D eigenvalue weighted by atomic mass is 10.1. The molecule has 0 radical (unpaired) electrons. The van der Waals surface area contributed by atoms with Gasteiger partial charge in [0.15, 0.2) is 24.2 Å². The molecule has 0 aliphatic heterocycles. The monoisotopic (exact) mass is 678 g/mol. The van der Waals surface area contributed by atoms with Crippen LogP contribution in [0.1, 0.15) is 25.0 Å². The molecule has 0 saturated heterocycles. The Morgan fingerprint density at radius 3 is 2.43 bits per heavy atom. The van der Waals surface area contributed by atoms with Crippen LogP contribution in [-0.2, 0) is 20.8 Å². The smallest absolute Gasteiger partial charge is 0.262 e. The predicted octanol–water partition coefficient (Wildman–Crippen LogP) is 4.66. The van der Waals surface area contributed by atoms with Gasteiger partial charge in [0, 0.05) is 11.4 Å². The van der Waals surface area contributed by atoms with Crippen molar-refractivity contribution >= 4 is 63.1 Å². The number of rotatable bonds is 14. The first-order valence-corrected chi connectivity index (χ1v) is 14.3. The lowest BCUT2D eigenvalue weighted by Gasteiger charge is -2.21. The first-order valence-electron chi connectivity index (χ1n) is 12.7. The van der Waals surface area contributed by atoms with Crippen molar-refractivity contribution in [3.05, 3.63) is 86.3 Å². The quantitative estimate of drug-likeness (QED) is 0.167. The van der Waals surface area contributed by atoms with Gasteiger partial charge in [0.1, 0.15) is 11.8 Å². The number of carbonyl (C=O) groups is 3. The van der Waals surface area contributed by atoms with Crippen molar-refractivity contribution in [1.82, 2.24) is 10.7 Å². The molecule has 10 nitrogen and oxygen atoms in total. The second-order valence-electron chi connectivity index (χ2n) is 8.84. The van der Waals surface area contributed by atoms with Crippen molar-refractivity contribution in [3.63, 3.8) is 0 Å². The topological polar surface area (TPSA) is 141 Å². The maximum Gasteiger partial charge on any atom is 0.262 e. The van der Waals surface area contributed by atoms with E-state index >= 15 is 0 Å². The highest BCUT2D eigenvalue weighted by atomic mass is 79.9. The van der Waals surface area contributed by atoms with Gasteiger partial charge in [-0.15, -0.1) is 0 Å². The highest BCUT2D eigenvalue weighted by Crippen LogP contribution is 2.36. The van der Waals surface area contributed by atoms with Crippen molar-refractivity contribution in [2.45, 2.75) is 32.4 Å². The largest absolute Gasteiger partial charge is 0.490 e. The molecule has 0 aromatic heterocycles. The summed E-state index contributed by atoms with van der Waals surface area (Å²) < 4.78 is 17.3. The van der Waals surface area contributed by atoms with Crippen LogP contribution < -0.4 is 30.7 Å². The summed E-state index contributed by atoms with van der Waals surface area (Å²) in [6.07, 6.45) is 0.635. The van der Waals surface area contributed by atoms with Crippen LogP contribution in [0.2, 0.25) is 10.0 Å². The summed E-state index contributed by atoms with van der Waals surface area (Å²) in [7, 11) is 0. The number of ether oxygens (including phenoxy) is 3. The lowest BCUT2D eigenvalue weighted by molar-refractivity contribution is -0.132. The number of primary amides is 1. The van der Waals surface area contributed by atoms with Crippen molar-refractivity contribution < 1.29 is 28.6 Å². The van der Waals surface area contributed by atoms with Crippen LogP contribution in [0.4, 0.5) is 0 Å². The summed E-state index contributed by atoms with van der Waals surface area (Å²) in [5.41, 5.74) is 9.04. The van der Waals surface area contributed by atoms with E-state index in [4.69, 9.17) is 43.1 Å². The van der Waals surface area contributed by atoms with E-state index in [-0.39, 0.29) is 23.8 Å². The van der Waals surface area contributed by atoms with E-state index in [1.165, 1.54) is 12.3 Å². The molecule has 0 fully saturated rings. The van der Waals surface area contributed by atoms with Gasteiger partial charge in [-0.25, -0.2) is 5.43 Å². The van der Waals surface area contributed by atoms with E-state index in [2.05, 4.69) is 31.8 Å². The molecule has 0 aliphatic rings. The maximum atomic E-state index is 13.2. The van der Waals surface area contributed by atoms with Crippen molar-refractivity contribution in [1.29, 1.82) is 0 Å². The Hall–Kier alpha value is -3.80. The van der Waals surface area contributed by atoms with Crippen LogP contribution in [0.15, 0.2) is 70.2 Å². The lowest BCUT2D eigenvalue weighted by Crippen LogP contribution is -2.50. The standard InChI is InChI=1S/C29H29BrCl2N4O6/c1-3-40-25-13-19(11-21(30)27(25)41-16-26(33)37)15-34-36-29(39)23(12-18-7-5-4-6-8-18)35-28(38)17(2)42-24-10-9-20(31)14-22(24)32/h4-11,13-15,17,23H,3,12,16H2,1-2H3,(H2,33,37)(H,35,38)(H,36,39)/b34-15-/t17-,23+/m1/s1. The Balaban J connectivity index is 1.73. The Morgan fingerprint density at radius 2 is 1.76 bits per heavy atom. The van der Waals surface area contributed by atoms with Gasteiger partial charge in [-0.1, -0.05) is 53.5 Å². The molecule has 2 atom stereocenters. The summed E-state index contributed by atoms with van der Waals surface area (Å²) >= 11 is 15.5. The summed E-state index contributed by atoms with van der Waals surface area (Å²) in [5, 5.41) is 7.47. The molecule has 13 heteroatoms. The fraction of sp³-hybridized carbons (Fsp3) is 0.241. The van der Waals surface area contributed by atoms with Crippen molar-refractivity contribution in [2.24, 2.45) is 10.8 Å². The molecule has 3 amide bonds. The number of hydrogen-bond donors (Lipinski definition) is 3. The van der Waals surface area contributed by atoms with E-state index in [1.54, 1.807) is 38.1 Å². The molecule has 3 aromatic carbocycles. The minimum atomic E-state index is -0.973. The molecule has 0 saturated carbocycles. The molecule has 4 N–H and O–H groups in total. The van der Waals surface area contributed by atoms with Crippen molar-refractivity contribution in [3.8, 4) is 17.2 Å². The molecule has 0 heterocycles. The summed E-state index contributed by atoms with van der Waals surface area (Å²) in [5.74, 6) is -0.780. The molecule has 3 aromatic rings. The number of amides is 3. The number of hydrazone groups is 1. The third kappa shape index (κ3) is 9.93. The van der Waals surface area contributed by atoms with Crippen molar-refractivity contribution in [2.75, 3.05) is 13.2 Å². The average Bonchev–Trinajstić information content (AvgIpc) is 2.94. The second kappa shape index (κ2) is 16.0. The van der Waals surface area contributed by atoms with Crippen LogP contribution in [0.3, 0.4) is 0 Å². The predicted molar refractivity (Wildman–Crippen MR) is 164 cm³/mol. The molecule has 0 bridgehead atoms. The van der Waals surface area contributed by atoms with Gasteiger partial charge < -0.3 is 25.3 Å². The maximum absolute atomic E-state index is 13.2. The molecule has 0 aliphatic carbocycles. The van der Waals surface area contributed by atoms with Gasteiger partial charge >= 0.3 is 0 Å². The first kappa shape index (κ1) is 32.7. The fourth-order valence-corrected chi connectivity index (χ4v) is 4.65. The van der Waals surface area contributed by atoms with Gasteiger partial charge in [-0.2, -0.15) is 5.10 Å². The number of halogens is 3. The van der Waals surface area contributed by atoms with Gasteiger partial charge in [-0.05, 0) is 71.2 Å². The van der Waals surface area contributed by atoms with E-state index in [1.807, 2.05) is 30.3 Å².